The van der Waals surface area contributed by atoms with E-state index < -0.39 is 35.1 Å². The van der Waals surface area contributed by atoms with E-state index in [2.05, 4.69) is 10.9 Å². The number of hydrazine groups is 1. The minimum atomic E-state index is -4.53. The molecule has 2 aromatic carbocycles. The average Bonchev–Trinajstić information content (AvgIpc) is 2.69. The third kappa shape index (κ3) is 7.33. The summed E-state index contributed by atoms with van der Waals surface area (Å²) < 4.78 is 42.8. The Morgan fingerprint density at radius 1 is 1.07 bits per heavy atom. The minimum absolute atomic E-state index is 0.0768. The second kappa shape index (κ2) is 9.78. The van der Waals surface area contributed by atoms with Gasteiger partial charge < -0.3 is 4.74 Å². The van der Waals surface area contributed by atoms with Crippen molar-refractivity contribution in [2.24, 2.45) is 0 Å². The van der Waals surface area contributed by atoms with Gasteiger partial charge in [-0.25, -0.2) is 0 Å². The van der Waals surface area contributed by atoms with Crippen LogP contribution < -0.4 is 15.6 Å². The van der Waals surface area contributed by atoms with Gasteiger partial charge in [-0.2, -0.15) is 13.2 Å². The summed E-state index contributed by atoms with van der Waals surface area (Å²) >= 11 is 1.09. The van der Waals surface area contributed by atoms with E-state index in [1.54, 1.807) is 0 Å². The lowest BCUT2D eigenvalue weighted by atomic mass is 10.2. The predicted octanol–water partition coefficient (Wildman–Crippen LogP) is 2.93. The third-order valence-corrected chi connectivity index (χ3v) is 4.30. The number of hydrogen-bond donors (Lipinski definition) is 2. The summed E-state index contributed by atoms with van der Waals surface area (Å²) in [5, 5.41) is 10.6. The van der Waals surface area contributed by atoms with Crippen LogP contribution in [-0.4, -0.2) is 29.1 Å². The summed E-state index contributed by atoms with van der Waals surface area (Å²) in [6.45, 7) is -0.600. The van der Waals surface area contributed by atoms with E-state index >= 15 is 0 Å². The highest BCUT2D eigenvalue weighted by atomic mass is 32.2. The number of benzene rings is 2. The number of amides is 2. The van der Waals surface area contributed by atoms with Crippen LogP contribution in [0, 0.1) is 10.1 Å². The molecular weight excluding hydrogens is 415 g/mol. The first-order valence-corrected chi connectivity index (χ1v) is 8.88. The lowest BCUT2D eigenvalue weighted by Crippen LogP contribution is -2.44. The van der Waals surface area contributed by atoms with Gasteiger partial charge in [-0.05, 0) is 30.3 Å². The first-order valence-electron chi connectivity index (χ1n) is 7.90. The van der Waals surface area contributed by atoms with Crippen molar-refractivity contribution in [3.05, 3.63) is 64.2 Å². The molecule has 0 aliphatic carbocycles. The van der Waals surface area contributed by atoms with E-state index in [9.17, 15) is 32.9 Å². The zero-order valence-corrected chi connectivity index (χ0v) is 15.4. The van der Waals surface area contributed by atoms with Gasteiger partial charge in [-0.3, -0.25) is 30.6 Å². The van der Waals surface area contributed by atoms with Crippen LogP contribution in [-0.2, 0) is 15.8 Å². The lowest BCUT2D eigenvalue weighted by molar-refractivity contribution is -0.384. The topological polar surface area (TPSA) is 111 Å². The molecule has 0 unspecified atom stereocenters. The quantitative estimate of drug-likeness (QED) is 0.398. The standard InChI is InChI=1S/C17H14F3N3O5S/c18-17(19,20)11-2-1-3-13(8-11)28-9-15(24)21-22-16(25)10-29-14-6-4-12(5-7-14)23(26)27/h1-8H,9-10H2,(H,21,24)(H,22,25). The highest BCUT2D eigenvalue weighted by Crippen LogP contribution is 2.31. The molecule has 29 heavy (non-hydrogen) atoms. The zero-order chi connectivity index (χ0) is 21.4. The first-order chi connectivity index (χ1) is 13.6. The Bertz CT molecular complexity index is 891. The van der Waals surface area contributed by atoms with Crippen LogP contribution in [0.4, 0.5) is 18.9 Å². The Balaban J connectivity index is 1.72. The number of nitro groups is 1. The monoisotopic (exact) mass is 429 g/mol. The number of nitrogens with zero attached hydrogens (tertiary/aromatic N) is 1. The number of nitro benzene ring substituents is 1. The van der Waals surface area contributed by atoms with Crippen molar-refractivity contribution in [1.29, 1.82) is 0 Å². The molecule has 0 bridgehead atoms. The maximum absolute atomic E-state index is 12.6. The van der Waals surface area contributed by atoms with Gasteiger partial charge in [-0.15, -0.1) is 11.8 Å². The molecule has 8 nitrogen and oxygen atoms in total. The van der Waals surface area contributed by atoms with Crippen LogP contribution >= 0.6 is 11.8 Å². The summed E-state index contributed by atoms with van der Waals surface area (Å²) in [6.07, 6.45) is -4.53. The average molecular weight is 429 g/mol. The van der Waals surface area contributed by atoms with E-state index in [0.717, 1.165) is 30.0 Å². The van der Waals surface area contributed by atoms with Gasteiger partial charge in [0.25, 0.3) is 11.6 Å². The molecule has 0 atom stereocenters. The number of ether oxygens (including phenoxy) is 1. The van der Waals surface area contributed by atoms with Crippen LogP contribution in [0.1, 0.15) is 5.56 Å². The zero-order valence-electron chi connectivity index (χ0n) is 14.6. The molecule has 2 N–H and O–H groups in total. The molecule has 0 heterocycles. The number of rotatable bonds is 7. The van der Waals surface area contributed by atoms with Gasteiger partial charge in [0.15, 0.2) is 6.61 Å². The highest BCUT2D eigenvalue weighted by molar-refractivity contribution is 8.00. The smallest absolute Gasteiger partial charge is 0.416 e. The fourth-order valence-corrected chi connectivity index (χ4v) is 2.63. The van der Waals surface area contributed by atoms with Crippen molar-refractivity contribution >= 4 is 29.3 Å². The lowest BCUT2D eigenvalue weighted by Gasteiger charge is -2.11. The summed E-state index contributed by atoms with van der Waals surface area (Å²) in [5.74, 6) is -1.54. The Labute approximate surface area is 166 Å². The van der Waals surface area contributed by atoms with Gasteiger partial charge >= 0.3 is 6.18 Å². The molecule has 154 valence electrons. The number of halogens is 3. The molecule has 0 aliphatic heterocycles. The van der Waals surface area contributed by atoms with Crippen LogP contribution in [0.15, 0.2) is 53.4 Å². The molecule has 2 amide bonds. The Kier molecular flexibility index (Phi) is 7.42. The number of carbonyl (C=O) groups is 2. The summed E-state index contributed by atoms with van der Waals surface area (Å²) in [7, 11) is 0. The molecule has 12 heteroatoms. The largest absolute Gasteiger partial charge is 0.484 e. The SMILES string of the molecule is O=C(COc1cccc(C(F)(F)F)c1)NNC(=O)CSc1ccc([N+](=O)[O-])cc1. The predicted molar refractivity (Wildman–Crippen MR) is 97.0 cm³/mol. The Morgan fingerprint density at radius 3 is 2.34 bits per heavy atom. The van der Waals surface area contributed by atoms with Crippen molar-refractivity contribution < 1.29 is 32.4 Å². The van der Waals surface area contributed by atoms with Crippen molar-refractivity contribution in [3.63, 3.8) is 0 Å². The maximum Gasteiger partial charge on any atom is 0.416 e. The number of nitrogens with one attached hydrogen (secondary N) is 2. The second-order valence-electron chi connectivity index (χ2n) is 5.45. The van der Waals surface area contributed by atoms with Crippen molar-refractivity contribution in [2.45, 2.75) is 11.1 Å². The molecule has 0 aromatic heterocycles. The Hall–Kier alpha value is -3.28. The van der Waals surface area contributed by atoms with E-state index in [1.807, 2.05) is 0 Å². The van der Waals surface area contributed by atoms with E-state index in [1.165, 1.54) is 30.3 Å². The molecule has 0 saturated carbocycles. The summed E-state index contributed by atoms with van der Waals surface area (Å²) in [6, 6.07) is 9.60. The number of non-ortho nitro benzene ring substituents is 1. The molecule has 0 spiro atoms. The molecule has 2 rings (SSSR count). The van der Waals surface area contributed by atoms with Crippen LogP contribution in [0.3, 0.4) is 0 Å². The second-order valence-corrected chi connectivity index (χ2v) is 6.50. The number of alkyl halides is 3. The fourth-order valence-electron chi connectivity index (χ4n) is 1.94. The van der Waals surface area contributed by atoms with E-state index in [4.69, 9.17) is 4.74 Å². The summed E-state index contributed by atoms with van der Waals surface area (Å²) in [4.78, 5) is 34.0. The van der Waals surface area contributed by atoms with Crippen LogP contribution in [0.25, 0.3) is 0 Å². The van der Waals surface area contributed by atoms with Gasteiger partial charge in [-0.1, -0.05) is 6.07 Å². The number of carbonyl (C=O) groups excluding carboxylic acids is 2. The van der Waals surface area contributed by atoms with Crippen molar-refractivity contribution in [2.75, 3.05) is 12.4 Å². The van der Waals surface area contributed by atoms with Gasteiger partial charge in [0.05, 0.1) is 16.2 Å². The normalized spacial score (nSPS) is 10.9. The van der Waals surface area contributed by atoms with E-state index in [-0.39, 0.29) is 17.2 Å². The molecule has 0 fully saturated rings. The molecule has 0 saturated heterocycles. The molecule has 0 radical (unpaired) electrons. The van der Waals surface area contributed by atoms with Gasteiger partial charge in [0.2, 0.25) is 5.91 Å². The van der Waals surface area contributed by atoms with Gasteiger partial charge in [0.1, 0.15) is 5.75 Å². The fraction of sp³-hybridized carbons (Fsp3) is 0.176. The highest BCUT2D eigenvalue weighted by Gasteiger charge is 2.30. The Morgan fingerprint density at radius 2 is 1.72 bits per heavy atom. The number of hydrogen-bond acceptors (Lipinski definition) is 6. The molecular formula is C17H14F3N3O5S. The third-order valence-electron chi connectivity index (χ3n) is 3.29. The molecule has 2 aromatic rings. The maximum atomic E-state index is 12.6. The van der Waals surface area contributed by atoms with Crippen molar-refractivity contribution in [3.8, 4) is 5.75 Å². The molecule has 0 aliphatic rings. The van der Waals surface area contributed by atoms with Crippen LogP contribution in [0.2, 0.25) is 0 Å². The van der Waals surface area contributed by atoms with Crippen LogP contribution in [0.5, 0.6) is 5.75 Å². The van der Waals surface area contributed by atoms with E-state index in [0.29, 0.717) is 4.90 Å². The minimum Gasteiger partial charge on any atom is -0.484 e. The van der Waals surface area contributed by atoms with Gasteiger partial charge in [0, 0.05) is 17.0 Å². The van der Waals surface area contributed by atoms with Crippen molar-refractivity contribution in [1.82, 2.24) is 10.9 Å². The first kappa shape index (κ1) is 22.0. The number of thioether (sulfide) groups is 1. The summed E-state index contributed by atoms with van der Waals surface area (Å²) in [5.41, 5.74) is 3.21.